The average Bonchev–Trinajstić information content (AvgIpc) is 3.75. The minimum Gasteiger partial charge on any atom is -0.436 e. The van der Waals surface area contributed by atoms with Gasteiger partial charge in [0.15, 0.2) is 5.58 Å². The molecule has 5 nitrogen and oxygen atoms in total. The van der Waals surface area contributed by atoms with Crippen LogP contribution in [0.1, 0.15) is 0 Å². The van der Waals surface area contributed by atoms with Gasteiger partial charge < -0.3 is 8.98 Å². The van der Waals surface area contributed by atoms with Gasteiger partial charge in [0.05, 0.1) is 27.9 Å². The third kappa shape index (κ3) is 4.15. The van der Waals surface area contributed by atoms with Gasteiger partial charge in [-0.05, 0) is 66.0 Å². The molecule has 0 aliphatic rings. The molecular weight excluding hydrogens is 589 g/mol. The van der Waals surface area contributed by atoms with Crippen molar-refractivity contribution >= 4 is 54.6 Å². The summed E-state index contributed by atoms with van der Waals surface area (Å²) in [6, 6.07) is 52.5. The van der Waals surface area contributed by atoms with E-state index in [1.54, 1.807) is 0 Å². The molecule has 0 spiro atoms. The van der Waals surface area contributed by atoms with Crippen molar-refractivity contribution in [2.24, 2.45) is 0 Å². The van der Waals surface area contributed by atoms with E-state index < -0.39 is 0 Å². The molecule has 0 radical (unpaired) electrons. The molecule has 10 aromatic rings. The maximum Gasteiger partial charge on any atom is 0.227 e. The van der Waals surface area contributed by atoms with Gasteiger partial charge in [-0.2, -0.15) is 0 Å². The fourth-order valence-electron chi connectivity index (χ4n) is 7.06. The van der Waals surface area contributed by atoms with Crippen LogP contribution in [0, 0.1) is 0 Å². The van der Waals surface area contributed by atoms with Crippen molar-refractivity contribution in [1.29, 1.82) is 0 Å². The van der Waals surface area contributed by atoms with Crippen LogP contribution < -0.4 is 0 Å². The van der Waals surface area contributed by atoms with Crippen molar-refractivity contribution in [2.75, 3.05) is 0 Å². The summed E-state index contributed by atoms with van der Waals surface area (Å²) >= 11 is 0. The Kier molecular flexibility index (Phi) is 5.81. The zero-order valence-corrected chi connectivity index (χ0v) is 25.7. The van der Waals surface area contributed by atoms with Crippen molar-refractivity contribution in [1.82, 2.24) is 19.5 Å². The summed E-state index contributed by atoms with van der Waals surface area (Å²) in [5.41, 5.74) is 10.5. The van der Waals surface area contributed by atoms with E-state index in [1.807, 2.05) is 42.6 Å². The van der Waals surface area contributed by atoms with Crippen LogP contribution in [0.4, 0.5) is 0 Å². The Morgan fingerprint density at radius 3 is 2.08 bits per heavy atom. The second-order valence-electron chi connectivity index (χ2n) is 12.1. The molecule has 0 saturated carbocycles. The molecule has 0 bridgehead atoms. The lowest BCUT2D eigenvalue weighted by atomic mass is 10.0. The van der Waals surface area contributed by atoms with Gasteiger partial charge in [0.1, 0.15) is 5.52 Å². The second-order valence-corrected chi connectivity index (χ2v) is 12.1. The molecule has 6 aromatic carbocycles. The molecule has 0 aliphatic carbocycles. The van der Waals surface area contributed by atoms with Gasteiger partial charge in [0.25, 0.3) is 0 Å². The Bertz CT molecular complexity index is 2800. The van der Waals surface area contributed by atoms with Crippen LogP contribution in [0.3, 0.4) is 0 Å². The lowest BCUT2D eigenvalue weighted by Crippen LogP contribution is -1.96. The Hall–Kier alpha value is -6.59. The van der Waals surface area contributed by atoms with E-state index in [0.717, 1.165) is 77.6 Å². The first-order valence-electron chi connectivity index (χ1n) is 16.0. The summed E-state index contributed by atoms with van der Waals surface area (Å²) in [7, 11) is 0. The van der Waals surface area contributed by atoms with Gasteiger partial charge in [-0.3, -0.25) is 4.98 Å². The van der Waals surface area contributed by atoms with Gasteiger partial charge in [0, 0.05) is 50.1 Å². The SMILES string of the molecule is c1ccc(-c2cccc3ccc4oc(-c5cc(-c6ccc7ccccc7n6)cc(-n6c7ccccc7c7ccccc76)c5)nc4c23)nc1. The molecule has 5 heteroatoms. The summed E-state index contributed by atoms with van der Waals surface area (Å²) in [5, 5.41) is 5.64. The van der Waals surface area contributed by atoms with Gasteiger partial charge in [-0.1, -0.05) is 91.0 Å². The van der Waals surface area contributed by atoms with E-state index >= 15 is 0 Å². The van der Waals surface area contributed by atoms with Crippen molar-refractivity contribution in [2.45, 2.75) is 0 Å². The number of benzene rings is 6. The van der Waals surface area contributed by atoms with Crippen LogP contribution in [-0.2, 0) is 0 Å². The molecule has 10 rings (SSSR count). The van der Waals surface area contributed by atoms with E-state index in [9.17, 15) is 0 Å². The van der Waals surface area contributed by atoms with Gasteiger partial charge in [-0.25, -0.2) is 9.97 Å². The minimum atomic E-state index is 0.554. The number of nitrogens with zero attached hydrogens (tertiary/aromatic N) is 4. The largest absolute Gasteiger partial charge is 0.436 e. The normalized spacial score (nSPS) is 11.8. The monoisotopic (exact) mass is 614 g/mol. The van der Waals surface area contributed by atoms with Crippen LogP contribution in [0.15, 0.2) is 162 Å². The first-order valence-corrected chi connectivity index (χ1v) is 16.0. The van der Waals surface area contributed by atoms with Crippen molar-refractivity contribution < 1.29 is 4.42 Å². The van der Waals surface area contributed by atoms with E-state index in [1.165, 1.54) is 10.8 Å². The summed E-state index contributed by atoms with van der Waals surface area (Å²) in [4.78, 5) is 15.0. The highest BCUT2D eigenvalue weighted by molar-refractivity contribution is 6.12. The van der Waals surface area contributed by atoms with E-state index in [0.29, 0.717) is 5.89 Å². The summed E-state index contributed by atoms with van der Waals surface area (Å²) in [6.45, 7) is 0. The number of rotatable bonds is 4. The quantitative estimate of drug-likeness (QED) is 0.198. The molecule has 4 heterocycles. The third-order valence-electron chi connectivity index (χ3n) is 9.24. The number of aromatic nitrogens is 4. The zero-order chi connectivity index (χ0) is 31.6. The average molecular weight is 615 g/mol. The minimum absolute atomic E-state index is 0.554. The number of hydrogen-bond acceptors (Lipinski definition) is 4. The van der Waals surface area contributed by atoms with Crippen LogP contribution in [0.5, 0.6) is 0 Å². The Balaban J connectivity index is 1.25. The number of para-hydroxylation sites is 3. The smallest absolute Gasteiger partial charge is 0.227 e. The lowest BCUT2D eigenvalue weighted by molar-refractivity contribution is 0.620. The van der Waals surface area contributed by atoms with Gasteiger partial charge >= 0.3 is 0 Å². The number of fused-ring (bicyclic) bond motifs is 7. The predicted molar refractivity (Wildman–Crippen MR) is 195 cm³/mol. The molecule has 0 aliphatic heterocycles. The molecule has 0 fully saturated rings. The standard InChI is InChI=1S/C43H26N4O/c1-4-15-35-27(10-1)19-21-36(45-35)29-24-30(26-31(25-29)47-38-17-5-2-12-32(38)33-13-3-6-18-39(33)47)43-46-42-40(48-43)22-20-28-11-9-14-34(41(28)42)37-16-7-8-23-44-37/h1-26H. The Morgan fingerprint density at radius 1 is 0.521 bits per heavy atom. The van der Waals surface area contributed by atoms with Crippen LogP contribution in [0.25, 0.3) is 94.2 Å². The Labute approximate surface area is 275 Å². The van der Waals surface area contributed by atoms with Gasteiger partial charge in [-0.15, -0.1) is 0 Å². The maximum absolute atomic E-state index is 6.60. The predicted octanol–water partition coefficient (Wildman–Crippen LogP) is 11.0. The van der Waals surface area contributed by atoms with Crippen molar-refractivity contribution in [3.05, 3.63) is 158 Å². The molecule has 0 atom stereocenters. The van der Waals surface area contributed by atoms with Crippen molar-refractivity contribution in [3.8, 4) is 39.7 Å². The van der Waals surface area contributed by atoms with Gasteiger partial charge in [0.2, 0.25) is 5.89 Å². The summed E-state index contributed by atoms with van der Waals surface area (Å²) in [6.07, 6.45) is 1.82. The Morgan fingerprint density at radius 2 is 1.25 bits per heavy atom. The second kappa shape index (κ2) is 10.5. The molecule has 0 N–H and O–H groups in total. The first kappa shape index (κ1) is 26.6. The van der Waals surface area contributed by atoms with Crippen LogP contribution in [-0.4, -0.2) is 19.5 Å². The topological polar surface area (TPSA) is 56.7 Å². The highest BCUT2D eigenvalue weighted by Gasteiger charge is 2.19. The summed E-state index contributed by atoms with van der Waals surface area (Å²) in [5.74, 6) is 0.554. The van der Waals surface area contributed by atoms with Crippen LogP contribution >= 0.6 is 0 Å². The highest BCUT2D eigenvalue weighted by Crippen LogP contribution is 2.39. The number of pyridine rings is 2. The maximum atomic E-state index is 6.60. The third-order valence-corrected chi connectivity index (χ3v) is 9.24. The van der Waals surface area contributed by atoms with E-state index in [2.05, 4.69) is 125 Å². The highest BCUT2D eigenvalue weighted by atomic mass is 16.3. The van der Waals surface area contributed by atoms with E-state index in [-0.39, 0.29) is 0 Å². The van der Waals surface area contributed by atoms with Crippen molar-refractivity contribution in [3.63, 3.8) is 0 Å². The fraction of sp³-hybridized carbons (Fsp3) is 0. The zero-order valence-electron chi connectivity index (χ0n) is 25.7. The number of hydrogen-bond donors (Lipinski definition) is 0. The molecule has 48 heavy (non-hydrogen) atoms. The molecule has 0 amide bonds. The first-order chi connectivity index (χ1) is 23.8. The molecule has 224 valence electrons. The summed E-state index contributed by atoms with van der Waals surface area (Å²) < 4.78 is 8.93. The molecule has 4 aromatic heterocycles. The molecular formula is C43H26N4O. The molecule has 0 unspecified atom stereocenters. The molecule has 0 saturated heterocycles. The lowest BCUT2D eigenvalue weighted by Gasteiger charge is -2.12. The van der Waals surface area contributed by atoms with E-state index in [4.69, 9.17) is 14.4 Å². The fourth-order valence-corrected chi connectivity index (χ4v) is 7.06. The van der Waals surface area contributed by atoms with Crippen LogP contribution in [0.2, 0.25) is 0 Å². The number of oxazole rings is 1.